The van der Waals surface area contributed by atoms with Crippen molar-refractivity contribution in [3.8, 4) is 0 Å². The van der Waals surface area contributed by atoms with Gasteiger partial charge in [0.25, 0.3) is 0 Å². The van der Waals surface area contributed by atoms with Crippen LogP contribution in [0.25, 0.3) is 11.0 Å². The number of fused-ring (bicyclic) bond motifs is 1. The Morgan fingerprint density at radius 2 is 1.86 bits per heavy atom. The van der Waals surface area contributed by atoms with E-state index in [9.17, 15) is 18.0 Å². The summed E-state index contributed by atoms with van der Waals surface area (Å²) in [4.78, 5) is 18.1. The Labute approximate surface area is 165 Å². The first-order valence-electron chi connectivity index (χ1n) is 8.66. The number of benzene rings is 2. The van der Waals surface area contributed by atoms with Crippen LogP contribution in [0.4, 0.5) is 13.2 Å². The number of amides is 1. The predicted molar refractivity (Wildman–Crippen MR) is 104 cm³/mol. The minimum absolute atomic E-state index is 0.0840. The maximum absolute atomic E-state index is 13.1. The summed E-state index contributed by atoms with van der Waals surface area (Å²) in [7, 11) is 3.34. The Balaban J connectivity index is 2.06. The fourth-order valence-corrected chi connectivity index (χ4v) is 3.93. The average molecular weight is 407 g/mol. The zero-order chi connectivity index (χ0) is 20.5. The van der Waals surface area contributed by atoms with Gasteiger partial charge >= 0.3 is 6.18 Å². The van der Waals surface area contributed by atoms with Crippen LogP contribution in [0.1, 0.15) is 18.1 Å². The molecule has 1 amide bonds. The summed E-state index contributed by atoms with van der Waals surface area (Å²) in [6.07, 6.45) is -4.43. The van der Waals surface area contributed by atoms with E-state index in [1.165, 1.54) is 22.7 Å². The van der Waals surface area contributed by atoms with Crippen molar-refractivity contribution in [1.82, 2.24) is 14.5 Å². The fraction of sp³-hybridized carbons (Fsp3) is 0.300. The first kappa shape index (κ1) is 20.3. The predicted octanol–water partition coefficient (Wildman–Crippen LogP) is 4.67. The van der Waals surface area contributed by atoms with Crippen LogP contribution in [0, 0.1) is 0 Å². The molecule has 28 heavy (non-hydrogen) atoms. The minimum atomic E-state index is -4.43. The standard InChI is InChI=1S/C20H20F3N3OS/c1-13(18(27)25(2)3)28-19-24-16-11-15(20(21,22)23)9-10-17(16)26(19)12-14-7-5-4-6-8-14/h4-11,13H,12H2,1-3H3. The van der Waals surface area contributed by atoms with Gasteiger partial charge in [-0.1, -0.05) is 42.1 Å². The third-order valence-electron chi connectivity index (χ3n) is 4.29. The van der Waals surface area contributed by atoms with Crippen molar-refractivity contribution in [3.63, 3.8) is 0 Å². The highest BCUT2D eigenvalue weighted by molar-refractivity contribution is 8.00. The second kappa shape index (κ2) is 7.87. The molecule has 0 aliphatic heterocycles. The molecule has 2 aromatic carbocycles. The summed E-state index contributed by atoms with van der Waals surface area (Å²) < 4.78 is 41.1. The largest absolute Gasteiger partial charge is 0.416 e. The van der Waals surface area contributed by atoms with Crippen molar-refractivity contribution in [2.24, 2.45) is 0 Å². The smallest absolute Gasteiger partial charge is 0.348 e. The molecule has 0 bridgehead atoms. The number of thioether (sulfide) groups is 1. The van der Waals surface area contributed by atoms with Crippen LogP contribution in [0.15, 0.2) is 53.7 Å². The van der Waals surface area contributed by atoms with Gasteiger partial charge in [0.15, 0.2) is 5.16 Å². The SMILES string of the molecule is CC(Sc1nc2cc(C(F)(F)F)ccc2n1Cc1ccccc1)C(=O)N(C)C. The molecule has 0 aliphatic carbocycles. The maximum Gasteiger partial charge on any atom is 0.416 e. The normalized spacial score (nSPS) is 12.9. The first-order valence-corrected chi connectivity index (χ1v) is 9.54. The van der Waals surface area contributed by atoms with Gasteiger partial charge in [0.2, 0.25) is 5.91 Å². The molecule has 4 nitrogen and oxygen atoms in total. The molecule has 1 heterocycles. The quantitative estimate of drug-likeness (QED) is 0.577. The lowest BCUT2D eigenvalue weighted by Gasteiger charge is -2.17. The van der Waals surface area contributed by atoms with Crippen LogP contribution in [0.2, 0.25) is 0 Å². The van der Waals surface area contributed by atoms with E-state index in [1.807, 2.05) is 34.9 Å². The van der Waals surface area contributed by atoms with Gasteiger partial charge in [0, 0.05) is 14.1 Å². The Bertz CT molecular complexity index is 984. The van der Waals surface area contributed by atoms with E-state index in [1.54, 1.807) is 21.0 Å². The molecule has 0 aliphatic rings. The highest BCUT2D eigenvalue weighted by Gasteiger charge is 2.31. The lowest BCUT2D eigenvalue weighted by Crippen LogP contribution is -2.29. The van der Waals surface area contributed by atoms with Crippen molar-refractivity contribution >= 4 is 28.7 Å². The van der Waals surface area contributed by atoms with Crippen LogP contribution in [0.5, 0.6) is 0 Å². The molecule has 1 unspecified atom stereocenters. The van der Waals surface area contributed by atoms with E-state index in [0.29, 0.717) is 17.2 Å². The highest BCUT2D eigenvalue weighted by atomic mass is 32.2. The molecule has 0 radical (unpaired) electrons. The van der Waals surface area contributed by atoms with Gasteiger partial charge in [0.1, 0.15) is 0 Å². The van der Waals surface area contributed by atoms with Gasteiger partial charge < -0.3 is 9.47 Å². The molecule has 148 valence electrons. The number of carbonyl (C=O) groups excluding carboxylic acids is 1. The van der Waals surface area contributed by atoms with E-state index < -0.39 is 17.0 Å². The molecule has 3 aromatic rings. The number of hydrogen-bond acceptors (Lipinski definition) is 3. The molecule has 1 aromatic heterocycles. The van der Waals surface area contributed by atoms with Crippen molar-refractivity contribution in [2.45, 2.75) is 30.1 Å². The van der Waals surface area contributed by atoms with Crippen molar-refractivity contribution in [1.29, 1.82) is 0 Å². The monoisotopic (exact) mass is 407 g/mol. The van der Waals surface area contributed by atoms with Gasteiger partial charge in [-0.15, -0.1) is 0 Å². The minimum Gasteiger partial charge on any atom is -0.348 e. The van der Waals surface area contributed by atoms with Crippen LogP contribution < -0.4 is 0 Å². The number of alkyl halides is 3. The Kier molecular flexibility index (Phi) is 5.69. The summed E-state index contributed by atoms with van der Waals surface area (Å²) in [5.74, 6) is -0.0840. The Morgan fingerprint density at radius 3 is 2.46 bits per heavy atom. The average Bonchev–Trinajstić information content (AvgIpc) is 2.97. The highest BCUT2D eigenvalue weighted by Crippen LogP contribution is 2.34. The molecular formula is C20H20F3N3OS. The van der Waals surface area contributed by atoms with E-state index in [0.717, 1.165) is 17.7 Å². The second-order valence-corrected chi connectivity index (χ2v) is 7.97. The van der Waals surface area contributed by atoms with E-state index in [4.69, 9.17) is 0 Å². The summed E-state index contributed by atoms with van der Waals surface area (Å²) in [6.45, 7) is 2.22. The molecule has 0 saturated heterocycles. The second-order valence-electron chi connectivity index (χ2n) is 6.66. The molecule has 8 heteroatoms. The summed E-state index contributed by atoms with van der Waals surface area (Å²) in [6, 6.07) is 13.2. The lowest BCUT2D eigenvalue weighted by atomic mass is 10.2. The molecule has 3 rings (SSSR count). The Hall–Kier alpha value is -2.48. The zero-order valence-corrected chi connectivity index (χ0v) is 16.5. The summed E-state index contributed by atoms with van der Waals surface area (Å²) in [5, 5.41) is 0.101. The van der Waals surface area contributed by atoms with Crippen LogP contribution in [0.3, 0.4) is 0 Å². The zero-order valence-electron chi connectivity index (χ0n) is 15.7. The molecule has 0 spiro atoms. The third kappa shape index (κ3) is 4.32. The van der Waals surface area contributed by atoms with E-state index in [-0.39, 0.29) is 11.4 Å². The van der Waals surface area contributed by atoms with E-state index in [2.05, 4.69) is 4.98 Å². The van der Waals surface area contributed by atoms with Crippen molar-refractivity contribution in [3.05, 3.63) is 59.7 Å². The van der Waals surface area contributed by atoms with Gasteiger partial charge in [-0.3, -0.25) is 4.79 Å². The lowest BCUT2D eigenvalue weighted by molar-refractivity contribution is -0.137. The molecule has 0 fully saturated rings. The number of nitrogens with zero attached hydrogens (tertiary/aromatic N) is 3. The maximum atomic E-state index is 13.1. The van der Waals surface area contributed by atoms with Crippen LogP contribution in [-0.2, 0) is 17.5 Å². The summed E-state index contributed by atoms with van der Waals surface area (Å²) >= 11 is 1.24. The van der Waals surface area contributed by atoms with Crippen molar-refractivity contribution in [2.75, 3.05) is 14.1 Å². The topological polar surface area (TPSA) is 38.1 Å². The summed E-state index contributed by atoms with van der Waals surface area (Å²) in [5.41, 5.74) is 1.12. The van der Waals surface area contributed by atoms with Crippen LogP contribution >= 0.6 is 11.8 Å². The molecule has 0 saturated carbocycles. The fourth-order valence-electron chi connectivity index (χ4n) is 2.86. The third-order valence-corrected chi connectivity index (χ3v) is 5.37. The number of rotatable bonds is 5. The number of halogens is 3. The van der Waals surface area contributed by atoms with E-state index >= 15 is 0 Å². The van der Waals surface area contributed by atoms with Gasteiger partial charge in [-0.05, 0) is 30.7 Å². The molecule has 1 atom stereocenters. The number of carbonyl (C=O) groups is 1. The first-order chi connectivity index (χ1) is 13.2. The Morgan fingerprint density at radius 1 is 1.18 bits per heavy atom. The van der Waals surface area contributed by atoms with Gasteiger partial charge in [0.05, 0.1) is 28.4 Å². The van der Waals surface area contributed by atoms with Gasteiger partial charge in [-0.25, -0.2) is 4.98 Å². The van der Waals surface area contributed by atoms with Crippen LogP contribution in [-0.4, -0.2) is 39.7 Å². The number of aromatic nitrogens is 2. The number of hydrogen-bond donors (Lipinski definition) is 0. The molecule has 0 N–H and O–H groups in total. The van der Waals surface area contributed by atoms with Gasteiger partial charge in [-0.2, -0.15) is 13.2 Å². The number of imidazole rings is 1. The van der Waals surface area contributed by atoms with Crippen molar-refractivity contribution < 1.29 is 18.0 Å². The molecular weight excluding hydrogens is 387 g/mol.